The molecule has 0 saturated heterocycles. The lowest BCUT2D eigenvalue weighted by Gasteiger charge is -2.33. The Morgan fingerprint density at radius 3 is 2.38 bits per heavy atom. The molecule has 2 fully saturated rings. The van der Waals surface area contributed by atoms with Crippen LogP contribution in [0.1, 0.15) is 103 Å². The van der Waals surface area contributed by atoms with Gasteiger partial charge in [0, 0.05) is 19.6 Å². The van der Waals surface area contributed by atoms with Crippen molar-refractivity contribution in [1.29, 1.82) is 5.41 Å². The topological polar surface area (TPSA) is 90.4 Å². The van der Waals surface area contributed by atoms with Gasteiger partial charge >= 0.3 is 0 Å². The normalized spacial score (nSPS) is 24.2. The lowest BCUT2D eigenvalue weighted by molar-refractivity contribution is -0.131. The first-order chi connectivity index (χ1) is 14.0. The minimum atomic E-state index is -0.136. The maximum Gasteiger partial charge on any atom is 0.232 e. The van der Waals surface area contributed by atoms with Crippen molar-refractivity contribution in [2.75, 3.05) is 13.7 Å². The predicted octanol–water partition coefficient (Wildman–Crippen LogP) is 5.06. The second kappa shape index (κ2) is 13.3. The van der Waals surface area contributed by atoms with Crippen LogP contribution < -0.4 is 5.73 Å². The van der Waals surface area contributed by atoms with E-state index in [1.54, 1.807) is 7.05 Å². The molecule has 5 nitrogen and oxygen atoms in total. The summed E-state index contributed by atoms with van der Waals surface area (Å²) in [6.45, 7) is 0.307. The van der Waals surface area contributed by atoms with Gasteiger partial charge in [0.05, 0.1) is 0 Å². The van der Waals surface area contributed by atoms with Crippen molar-refractivity contribution >= 4 is 11.9 Å². The lowest BCUT2D eigenvalue weighted by Crippen LogP contribution is -2.42. The molecule has 0 spiro atoms. The molecule has 2 saturated carbocycles. The third kappa shape index (κ3) is 8.65. The van der Waals surface area contributed by atoms with Gasteiger partial charge in [-0.3, -0.25) is 15.1 Å². The van der Waals surface area contributed by atoms with E-state index in [2.05, 4.69) is 0 Å². The fourth-order valence-corrected chi connectivity index (χ4v) is 5.65. The smallest absolute Gasteiger partial charge is 0.232 e. The van der Waals surface area contributed by atoms with Gasteiger partial charge in [0.15, 0.2) is 5.96 Å². The van der Waals surface area contributed by atoms with Gasteiger partial charge in [0.1, 0.15) is 0 Å². The van der Waals surface area contributed by atoms with Crippen LogP contribution in [0.25, 0.3) is 0 Å². The number of amides is 1. The Morgan fingerprint density at radius 2 is 1.69 bits per heavy atom. The minimum absolute atomic E-state index is 0.0176. The molecule has 0 aliphatic heterocycles. The van der Waals surface area contributed by atoms with Crippen LogP contribution in [-0.2, 0) is 4.79 Å². The summed E-state index contributed by atoms with van der Waals surface area (Å²) in [5, 5.41) is 16.6. The van der Waals surface area contributed by atoms with E-state index >= 15 is 0 Å². The van der Waals surface area contributed by atoms with E-state index in [0.29, 0.717) is 12.5 Å². The monoisotopic (exact) mass is 407 g/mol. The molecule has 168 valence electrons. The second-order valence-corrected chi connectivity index (χ2v) is 9.77. The van der Waals surface area contributed by atoms with Gasteiger partial charge in [0.2, 0.25) is 5.91 Å². The van der Waals surface area contributed by atoms with Crippen molar-refractivity contribution < 1.29 is 9.90 Å². The SMILES string of the molecule is CN(C(=N)N)C(=O)[C@@H](CCC1CCCCC1)C[C@H]1CCC[C@H](CCCCCO)C1. The average molecular weight is 408 g/mol. The number of aliphatic hydroxyl groups is 1. The van der Waals surface area contributed by atoms with Gasteiger partial charge in [0.25, 0.3) is 0 Å². The predicted molar refractivity (Wildman–Crippen MR) is 120 cm³/mol. The Balaban J connectivity index is 1.88. The Bertz CT molecular complexity index is 491. The molecule has 29 heavy (non-hydrogen) atoms. The molecule has 2 aliphatic carbocycles. The summed E-state index contributed by atoms with van der Waals surface area (Å²) in [6, 6.07) is 0. The number of carbonyl (C=O) groups is 1. The number of carbonyl (C=O) groups excluding carboxylic acids is 1. The molecule has 2 aliphatic rings. The molecule has 4 N–H and O–H groups in total. The number of aliphatic hydroxyl groups excluding tert-OH is 1. The summed E-state index contributed by atoms with van der Waals surface area (Å²) in [5.74, 6) is 2.14. The number of rotatable bonds is 11. The lowest BCUT2D eigenvalue weighted by atomic mass is 9.74. The van der Waals surface area contributed by atoms with E-state index in [-0.39, 0.29) is 17.8 Å². The van der Waals surface area contributed by atoms with E-state index < -0.39 is 0 Å². The molecule has 0 bridgehead atoms. The molecular formula is C24H45N3O2. The first kappa shape index (κ1) is 24.2. The standard InChI is InChI=1S/C24H45N3O2/c1-27(24(25)26)23(29)22(15-14-19-9-4-2-5-10-19)18-21-13-8-12-20(17-21)11-6-3-7-16-28/h19-22,28H,2-18H2,1H3,(H3,25,26)/t20-,21-,22-/m0/s1. The number of hydrogen-bond donors (Lipinski definition) is 3. The summed E-state index contributed by atoms with van der Waals surface area (Å²) in [5.41, 5.74) is 5.62. The molecule has 0 aromatic carbocycles. The number of nitrogens with two attached hydrogens (primary N) is 1. The van der Waals surface area contributed by atoms with Gasteiger partial charge in [-0.25, -0.2) is 0 Å². The zero-order valence-electron chi connectivity index (χ0n) is 18.7. The Morgan fingerprint density at radius 1 is 1.00 bits per heavy atom. The van der Waals surface area contributed by atoms with Crippen LogP contribution in [-0.4, -0.2) is 35.5 Å². The summed E-state index contributed by atoms with van der Waals surface area (Å²) in [4.78, 5) is 14.4. The summed E-state index contributed by atoms with van der Waals surface area (Å²) in [7, 11) is 1.66. The van der Waals surface area contributed by atoms with Crippen molar-refractivity contribution in [1.82, 2.24) is 4.90 Å². The first-order valence-electron chi connectivity index (χ1n) is 12.2. The quantitative estimate of drug-likeness (QED) is 0.254. The molecule has 0 aromatic rings. The van der Waals surface area contributed by atoms with E-state index in [1.165, 1.54) is 75.5 Å². The molecule has 0 aromatic heterocycles. The van der Waals surface area contributed by atoms with E-state index in [0.717, 1.165) is 43.9 Å². The highest BCUT2D eigenvalue weighted by Gasteiger charge is 2.30. The third-order valence-electron chi connectivity index (χ3n) is 7.47. The molecular weight excluding hydrogens is 362 g/mol. The Hall–Kier alpha value is -1.10. The highest BCUT2D eigenvalue weighted by atomic mass is 16.2. The zero-order chi connectivity index (χ0) is 21.1. The highest BCUT2D eigenvalue weighted by molar-refractivity contribution is 5.95. The third-order valence-corrected chi connectivity index (χ3v) is 7.47. The van der Waals surface area contributed by atoms with Crippen LogP contribution >= 0.6 is 0 Å². The zero-order valence-corrected chi connectivity index (χ0v) is 18.7. The fourth-order valence-electron chi connectivity index (χ4n) is 5.65. The highest BCUT2D eigenvalue weighted by Crippen LogP contribution is 2.38. The van der Waals surface area contributed by atoms with Crippen LogP contribution in [0, 0.1) is 29.1 Å². The first-order valence-corrected chi connectivity index (χ1v) is 12.2. The maximum atomic E-state index is 13.0. The van der Waals surface area contributed by atoms with Crippen LogP contribution in [0.4, 0.5) is 0 Å². The molecule has 0 radical (unpaired) electrons. The molecule has 5 heteroatoms. The number of unbranched alkanes of at least 4 members (excludes halogenated alkanes) is 2. The summed E-state index contributed by atoms with van der Waals surface area (Å²) in [6.07, 6.45) is 19.4. The van der Waals surface area contributed by atoms with Gasteiger partial charge in [-0.15, -0.1) is 0 Å². The second-order valence-electron chi connectivity index (χ2n) is 9.77. The van der Waals surface area contributed by atoms with Gasteiger partial charge in [-0.1, -0.05) is 70.6 Å². The molecule has 1 amide bonds. The van der Waals surface area contributed by atoms with E-state index in [4.69, 9.17) is 16.2 Å². The average Bonchev–Trinajstić information content (AvgIpc) is 2.74. The molecule has 0 unspecified atom stereocenters. The van der Waals surface area contributed by atoms with E-state index in [9.17, 15) is 4.79 Å². The largest absolute Gasteiger partial charge is 0.396 e. The number of guanidine groups is 1. The van der Waals surface area contributed by atoms with Crippen LogP contribution in [0.15, 0.2) is 0 Å². The van der Waals surface area contributed by atoms with Crippen LogP contribution in [0.3, 0.4) is 0 Å². The van der Waals surface area contributed by atoms with Gasteiger partial charge < -0.3 is 10.8 Å². The minimum Gasteiger partial charge on any atom is -0.396 e. The number of nitrogens with zero attached hydrogens (tertiary/aromatic N) is 1. The molecule has 3 atom stereocenters. The molecule has 2 rings (SSSR count). The summed E-state index contributed by atoms with van der Waals surface area (Å²) < 4.78 is 0. The van der Waals surface area contributed by atoms with Crippen LogP contribution in [0.2, 0.25) is 0 Å². The van der Waals surface area contributed by atoms with Crippen molar-refractivity contribution in [3.8, 4) is 0 Å². The van der Waals surface area contributed by atoms with Gasteiger partial charge in [-0.2, -0.15) is 0 Å². The Kier molecular flexibility index (Phi) is 11.0. The van der Waals surface area contributed by atoms with Crippen LogP contribution in [0.5, 0.6) is 0 Å². The van der Waals surface area contributed by atoms with E-state index in [1.807, 2.05) is 0 Å². The maximum absolute atomic E-state index is 13.0. The fraction of sp³-hybridized carbons (Fsp3) is 0.917. The van der Waals surface area contributed by atoms with Crippen molar-refractivity contribution in [3.05, 3.63) is 0 Å². The molecule has 0 heterocycles. The number of nitrogens with one attached hydrogen (secondary N) is 1. The summed E-state index contributed by atoms with van der Waals surface area (Å²) >= 11 is 0. The van der Waals surface area contributed by atoms with Crippen molar-refractivity contribution in [2.45, 2.75) is 103 Å². The van der Waals surface area contributed by atoms with Crippen molar-refractivity contribution in [3.63, 3.8) is 0 Å². The Labute approximate surface area is 178 Å². The number of hydrogen-bond acceptors (Lipinski definition) is 3. The van der Waals surface area contributed by atoms with Gasteiger partial charge in [-0.05, 0) is 49.9 Å². The van der Waals surface area contributed by atoms with Crippen molar-refractivity contribution in [2.24, 2.45) is 29.4 Å².